The zero-order valence-corrected chi connectivity index (χ0v) is 21.8. The van der Waals surface area contributed by atoms with Gasteiger partial charge in [-0.05, 0) is 26.8 Å². The molecule has 1 aliphatic rings. The summed E-state index contributed by atoms with van der Waals surface area (Å²) in [5.41, 5.74) is 7.35. The van der Waals surface area contributed by atoms with Crippen molar-refractivity contribution in [3.05, 3.63) is 52.6 Å². The second-order valence-corrected chi connectivity index (χ2v) is 13.3. The fourth-order valence-electron chi connectivity index (χ4n) is 4.39. The van der Waals surface area contributed by atoms with Gasteiger partial charge in [-0.3, -0.25) is 14.7 Å². The van der Waals surface area contributed by atoms with Gasteiger partial charge in [-0.1, -0.05) is 25.2 Å². The van der Waals surface area contributed by atoms with Gasteiger partial charge in [-0.2, -0.15) is 0 Å². The highest BCUT2D eigenvalue weighted by Crippen LogP contribution is 2.41. The topological polar surface area (TPSA) is 140 Å². The lowest BCUT2D eigenvalue weighted by atomic mass is 10.1. The first-order valence-electron chi connectivity index (χ1n) is 11.6. The third-order valence-corrected chi connectivity index (χ3v) is 8.71. The number of ether oxygens (including phenoxy) is 3. The molecule has 11 nitrogen and oxygen atoms in total. The fourth-order valence-corrected chi connectivity index (χ4v) is 6.28. The summed E-state index contributed by atoms with van der Waals surface area (Å²) >= 11 is 0. The van der Waals surface area contributed by atoms with E-state index < -0.39 is 19.1 Å². The molecule has 3 atom stereocenters. The van der Waals surface area contributed by atoms with E-state index in [1.807, 2.05) is 25.3 Å². The lowest BCUT2D eigenvalue weighted by Gasteiger charge is -2.34. The Morgan fingerprint density at radius 3 is 2.71 bits per heavy atom. The van der Waals surface area contributed by atoms with Crippen molar-refractivity contribution in [2.75, 3.05) is 12.3 Å². The van der Waals surface area contributed by atoms with Crippen molar-refractivity contribution < 1.29 is 19.1 Å². The van der Waals surface area contributed by atoms with Gasteiger partial charge in [0.15, 0.2) is 11.5 Å². The number of para-hydroxylation sites is 1. The molecule has 12 heteroatoms. The molecule has 1 saturated heterocycles. The van der Waals surface area contributed by atoms with Crippen LogP contribution in [0.5, 0.6) is 0 Å². The molecule has 2 N–H and O–H groups in total. The second-order valence-electron chi connectivity index (χ2n) is 10.1. The van der Waals surface area contributed by atoms with Crippen LogP contribution < -0.4 is 5.73 Å². The molecule has 0 aliphatic carbocycles. The number of nitrogens with two attached hydrogens (primary N) is 1. The zero-order chi connectivity index (χ0) is 25.4. The Hall–Kier alpha value is -2.93. The third kappa shape index (κ3) is 5.05. The second kappa shape index (κ2) is 9.61. The van der Waals surface area contributed by atoms with Crippen LogP contribution in [0.15, 0.2) is 36.9 Å². The quantitative estimate of drug-likeness (QED) is 0.280. The number of nitrogen functional groups attached to an aromatic ring is 1. The van der Waals surface area contributed by atoms with Crippen LogP contribution in [-0.2, 0) is 26.2 Å². The number of rotatable bonds is 8. The number of anilines is 1. The first kappa shape index (κ1) is 25.2. The third-order valence-electron chi connectivity index (χ3n) is 6.26. The van der Waals surface area contributed by atoms with Gasteiger partial charge in [-0.25, -0.2) is 15.0 Å². The van der Waals surface area contributed by atoms with E-state index in [2.05, 4.69) is 28.0 Å². The van der Waals surface area contributed by atoms with E-state index in [1.165, 1.54) is 12.4 Å². The number of imidazole rings is 1. The Labute approximate surface area is 205 Å². The summed E-state index contributed by atoms with van der Waals surface area (Å²) in [5, 5.41) is 10.8. The minimum Gasteiger partial charge on any atom is -0.382 e. The van der Waals surface area contributed by atoms with E-state index in [1.54, 1.807) is 24.5 Å². The number of aromatic nitrogens is 4. The van der Waals surface area contributed by atoms with E-state index in [0.717, 1.165) is 0 Å². The van der Waals surface area contributed by atoms with Crippen molar-refractivity contribution in [1.82, 2.24) is 19.5 Å². The number of nitrogens with zero attached hydrogens (tertiary/aromatic N) is 5. The van der Waals surface area contributed by atoms with Gasteiger partial charge >= 0.3 is 0 Å². The Balaban J connectivity index is 1.68. The Kier molecular flexibility index (Phi) is 6.91. The highest BCUT2D eigenvalue weighted by Gasteiger charge is 2.52. The maximum absolute atomic E-state index is 11.5. The van der Waals surface area contributed by atoms with Crippen LogP contribution in [0.2, 0.25) is 13.1 Å². The van der Waals surface area contributed by atoms with Crippen molar-refractivity contribution in [3.8, 4) is 0 Å². The number of hydrogen-bond acceptors (Lipinski definition) is 9. The van der Waals surface area contributed by atoms with Gasteiger partial charge in [0.25, 0.3) is 5.69 Å². The summed E-state index contributed by atoms with van der Waals surface area (Å²) < 4.78 is 21.1. The van der Waals surface area contributed by atoms with Crippen LogP contribution in [0.25, 0.3) is 11.2 Å². The van der Waals surface area contributed by atoms with Gasteiger partial charge in [-0.15, -0.1) is 0 Å². The van der Waals surface area contributed by atoms with Gasteiger partial charge in [0.1, 0.15) is 23.3 Å². The van der Waals surface area contributed by atoms with E-state index in [4.69, 9.17) is 19.9 Å². The predicted molar refractivity (Wildman–Crippen MR) is 133 cm³/mol. The normalized spacial score (nSPS) is 22.8. The first-order chi connectivity index (χ1) is 16.5. The molecule has 0 bridgehead atoms. The van der Waals surface area contributed by atoms with E-state index in [9.17, 15) is 10.1 Å². The highest BCUT2D eigenvalue weighted by atomic mass is 28.3. The van der Waals surface area contributed by atoms with Crippen LogP contribution in [-0.4, -0.2) is 57.7 Å². The lowest BCUT2D eigenvalue weighted by molar-refractivity contribution is -0.386. The number of nitro benzene ring substituents is 1. The summed E-state index contributed by atoms with van der Waals surface area (Å²) in [6, 6.07) is 6.61. The summed E-state index contributed by atoms with van der Waals surface area (Å²) in [7, 11) is -1.59. The predicted octanol–water partition coefficient (Wildman–Crippen LogP) is 3.18. The Bertz CT molecular complexity index is 1210. The summed E-state index contributed by atoms with van der Waals surface area (Å²) in [4.78, 5) is 24.0. The molecule has 3 aromatic rings. The molecule has 4 rings (SSSR count). The molecule has 0 spiro atoms. The SMILES string of the molecule is C[SiH](C)[C@]1(n2cnc3c(N)ncnc32)C[C@H](OCc2ccccc2[N+](=O)[O-])[C@@H](COC(C)(C)C)O1. The number of fused-ring (bicyclic) bond motifs is 1. The molecule has 1 aliphatic heterocycles. The van der Waals surface area contributed by atoms with Crippen molar-refractivity contribution >= 4 is 31.5 Å². The van der Waals surface area contributed by atoms with Crippen LogP contribution in [0.4, 0.5) is 11.5 Å². The summed E-state index contributed by atoms with van der Waals surface area (Å²) in [6.07, 6.45) is 2.91. The molecule has 0 unspecified atom stereocenters. The molecule has 0 radical (unpaired) electrons. The molecular weight excluding hydrogens is 468 g/mol. The van der Waals surface area contributed by atoms with Gasteiger partial charge < -0.3 is 19.9 Å². The largest absolute Gasteiger partial charge is 0.382 e. The number of hydrogen-bond donors (Lipinski definition) is 1. The van der Waals surface area contributed by atoms with E-state index >= 15 is 0 Å². The van der Waals surface area contributed by atoms with Crippen LogP contribution in [0, 0.1) is 10.1 Å². The molecule has 3 heterocycles. The van der Waals surface area contributed by atoms with E-state index in [-0.39, 0.29) is 30.1 Å². The molecule has 35 heavy (non-hydrogen) atoms. The number of benzene rings is 1. The standard InChI is InChI=1S/C23H32N6O5Si/c1-22(2,3)33-12-18-17(32-11-15-8-6-7-9-16(15)29(30)31)10-23(34-18,35(4)5)28-14-27-19-20(24)25-13-26-21(19)28/h6-9,13-14,17-18,35H,10-12H2,1-5H3,(H2,24,25,26)/t17-,18+,23-/m0/s1. The minimum absolute atomic E-state index is 0.0335. The van der Waals surface area contributed by atoms with Crippen LogP contribution in [0.3, 0.4) is 0 Å². The minimum atomic E-state index is -1.59. The average Bonchev–Trinajstić information content (AvgIpc) is 3.39. The van der Waals surface area contributed by atoms with Crippen molar-refractivity contribution in [3.63, 3.8) is 0 Å². The Morgan fingerprint density at radius 1 is 1.29 bits per heavy atom. The zero-order valence-electron chi connectivity index (χ0n) is 20.7. The van der Waals surface area contributed by atoms with Crippen molar-refractivity contribution in [2.24, 2.45) is 0 Å². The molecule has 188 valence electrons. The van der Waals surface area contributed by atoms with Gasteiger partial charge in [0.05, 0.1) is 50.5 Å². The molecule has 1 aromatic carbocycles. The monoisotopic (exact) mass is 500 g/mol. The molecule has 0 saturated carbocycles. The summed E-state index contributed by atoms with van der Waals surface area (Å²) in [5.74, 6) is 0.309. The van der Waals surface area contributed by atoms with Crippen LogP contribution in [0.1, 0.15) is 32.8 Å². The summed E-state index contributed by atoms with van der Waals surface area (Å²) in [6.45, 7) is 10.8. The van der Waals surface area contributed by atoms with Crippen LogP contribution >= 0.6 is 0 Å². The van der Waals surface area contributed by atoms with Gasteiger partial charge in [0, 0.05) is 12.5 Å². The van der Waals surface area contributed by atoms with Gasteiger partial charge in [0.2, 0.25) is 0 Å². The van der Waals surface area contributed by atoms with Crippen molar-refractivity contribution in [1.29, 1.82) is 0 Å². The molecular formula is C23H32N6O5Si. The smallest absolute Gasteiger partial charge is 0.274 e. The molecule has 0 amide bonds. The fraction of sp³-hybridized carbons (Fsp3) is 0.522. The maximum atomic E-state index is 11.5. The first-order valence-corrected chi connectivity index (χ1v) is 14.5. The Morgan fingerprint density at radius 2 is 2.03 bits per heavy atom. The highest BCUT2D eigenvalue weighted by molar-refractivity contribution is 6.58. The van der Waals surface area contributed by atoms with Crippen molar-refractivity contribution in [2.45, 2.75) is 70.1 Å². The number of nitro groups is 1. The lowest BCUT2D eigenvalue weighted by Crippen LogP contribution is -2.45. The molecule has 1 fully saturated rings. The molecule has 2 aromatic heterocycles. The average molecular weight is 501 g/mol. The maximum Gasteiger partial charge on any atom is 0.274 e. The van der Waals surface area contributed by atoms with E-state index in [0.29, 0.717) is 35.6 Å².